The van der Waals surface area contributed by atoms with E-state index < -0.39 is 11.7 Å². The van der Waals surface area contributed by atoms with Crippen molar-refractivity contribution < 1.29 is 18.0 Å². The fraction of sp³-hybridized carbons (Fsp3) is 0.400. The second-order valence-electron chi connectivity index (χ2n) is 8.92. The summed E-state index contributed by atoms with van der Waals surface area (Å²) in [5, 5.41) is 9.03. The van der Waals surface area contributed by atoms with Gasteiger partial charge in [0.2, 0.25) is 0 Å². The van der Waals surface area contributed by atoms with Crippen LogP contribution in [0.4, 0.5) is 13.2 Å². The molecule has 0 saturated carbocycles. The Hall–Kier alpha value is -2.85. The second kappa shape index (κ2) is 10.4. The maximum atomic E-state index is 13.3. The quantitative estimate of drug-likeness (QED) is 0.439. The Morgan fingerprint density at radius 2 is 1.74 bits per heavy atom. The number of amides is 1. The molecule has 0 unspecified atom stereocenters. The van der Waals surface area contributed by atoms with Gasteiger partial charge in [0.05, 0.1) is 11.3 Å². The van der Waals surface area contributed by atoms with Crippen LogP contribution in [-0.2, 0) is 11.9 Å². The minimum Gasteiger partial charge on any atom is -0.336 e. The molecule has 2 aromatic carbocycles. The zero-order chi connectivity index (χ0) is 25.2. The van der Waals surface area contributed by atoms with Crippen molar-refractivity contribution >= 4 is 17.7 Å². The van der Waals surface area contributed by atoms with Crippen molar-refractivity contribution in [2.75, 3.05) is 33.2 Å². The number of hydrogen-bond acceptors (Lipinski definition) is 5. The highest BCUT2D eigenvalue weighted by atomic mass is 32.2. The number of thioether (sulfide) groups is 1. The minimum atomic E-state index is -4.45. The molecular formula is C25H28F3N5OS. The Balaban J connectivity index is 1.61. The predicted molar refractivity (Wildman–Crippen MR) is 130 cm³/mol. The van der Waals surface area contributed by atoms with Gasteiger partial charge in [-0.2, -0.15) is 13.2 Å². The maximum absolute atomic E-state index is 13.3. The summed E-state index contributed by atoms with van der Waals surface area (Å²) in [6.07, 6.45) is -4.45. The molecule has 1 amide bonds. The molecule has 6 nitrogen and oxygen atoms in total. The average Bonchev–Trinajstić information content (AvgIpc) is 3.27. The Morgan fingerprint density at radius 3 is 2.43 bits per heavy atom. The third-order valence-corrected chi connectivity index (χ3v) is 6.98. The van der Waals surface area contributed by atoms with E-state index in [1.54, 1.807) is 10.6 Å². The first-order valence-electron chi connectivity index (χ1n) is 11.5. The molecule has 1 saturated heterocycles. The van der Waals surface area contributed by atoms with Crippen LogP contribution in [0.2, 0.25) is 0 Å². The molecule has 1 fully saturated rings. The van der Waals surface area contributed by atoms with Crippen molar-refractivity contribution in [2.45, 2.75) is 36.9 Å². The molecule has 10 heteroatoms. The van der Waals surface area contributed by atoms with Crippen LogP contribution in [0.1, 0.15) is 47.1 Å². The van der Waals surface area contributed by atoms with E-state index in [1.165, 1.54) is 17.8 Å². The standard InChI is InChI=1S/C25H28F3N5OS/c1-17(2)22-29-30-24(33(22)20-9-6-8-19(15-20)25(26,27)28)35-16-18-7-4-5-10-21(18)23(34)32-13-11-31(3)12-14-32/h4-10,15,17H,11-14,16H2,1-3H3. The van der Waals surface area contributed by atoms with Crippen LogP contribution in [0, 0.1) is 0 Å². The Kier molecular flexibility index (Phi) is 7.51. The van der Waals surface area contributed by atoms with E-state index in [4.69, 9.17) is 0 Å². The molecule has 1 aliphatic rings. The number of aromatic nitrogens is 3. The number of likely N-dealkylation sites (N-methyl/N-ethyl adjacent to an activating group) is 1. The van der Waals surface area contributed by atoms with Crippen LogP contribution in [0.5, 0.6) is 0 Å². The number of piperazine rings is 1. The molecule has 0 spiro atoms. The predicted octanol–water partition coefficient (Wildman–Crippen LogP) is 5.09. The summed E-state index contributed by atoms with van der Waals surface area (Å²) >= 11 is 1.35. The summed E-state index contributed by atoms with van der Waals surface area (Å²) in [7, 11) is 2.04. The molecule has 0 bridgehead atoms. The SMILES string of the molecule is CC(C)c1nnc(SCc2ccccc2C(=O)N2CCN(C)CC2)n1-c1cccc(C(F)(F)F)c1. The van der Waals surface area contributed by atoms with Crippen molar-refractivity contribution in [3.8, 4) is 5.69 Å². The van der Waals surface area contributed by atoms with Crippen LogP contribution in [-0.4, -0.2) is 63.7 Å². The van der Waals surface area contributed by atoms with Gasteiger partial charge >= 0.3 is 6.18 Å². The fourth-order valence-corrected chi connectivity index (χ4v) is 4.95. The van der Waals surface area contributed by atoms with Crippen molar-refractivity contribution in [1.29, 1.82) is 0 Å². The van der Waals surface area contributed by atoms with Gasteiger partial charge in [-0.15, -0.1) is 10.2 Å². The molecule has 3 aromatic rings. The monoisotopic (exact) mass is 503 g/mol. The van der Waals surface area contributed by atoms with E-state index >= 15 is 0 Å². The van der Waals surface area contributed by atoms with Gasteiger partial charge in [-0.1, -0.05) is 49.9 Å². The number of alkyl halides is 3. The Bertz CT molecular complexity index is 1190. The third-order valence-electron chi connectivity index (χ3n) is 6.00. The third kappa shape index (κ3) is 5.70. The zero-order valence-corrected chi connectivity index (χ0v) is 20.7. The molecule has 4 rings (SSSR count). The number of hydrogen-bond donors (Lipinski definition) is 0. The minimum absolute atomic E-state index is 0.00323. The number of carbonyl (C=O) groups is 1. The highest BCUT2D eigenvalue weighted by molar-refractivity contribution is 7.98. The lowest BCUT2D eigenvalue weighted by Crippen LogP contribution is -2.47. The summed E-state index contributed by atoms with van der Waals surface area (Å²) in [4.78, 5) is 17.3. The zero-order valence-electron chi connectivity index (χ0n) is 19.9. The first kappa shape index (κ1) is 25.2. The molecule has 2 heterocycles. The van der Waals surface area contributed by atoms with E-state index in [-0.39, 0.29) is 11.8 Å². The molecule has 1 aromatic heterocycles. The van der Waals surface area contributed by atoms with Crippen molar-refractivity contribution in [3.63, 3.8) is 0 Å². The molecule has 0 N–H and O–H groups in total. The van der Waals surface area contributed by atoms with Crippen molar-refractivity contribution in [2.24, 2.45) is 0 Å². The van der Waals surface area contributed by atoms with E-state index in [0.29, 0.717) is 41.1 Å². The largest absolute Gasteiger partial charge is 0.416 e. The van der Waals surface area contributed by atoms with E-state index in [1.807, 2.05) is 50.1 Å². The normalized spacial score (nSPS) is 15.1. The number of nitrogens with zero attached hydrogens (tertiary/aromatic N) is 5. The molecule has 0 atom stereocenters. The van der Waals surface area contributed by atoms with Gasteiger partial charge in [-0.05, 0) is 36.9 Å². The van der Waals surface area contributed by atoms with Crippen LogP contribution in [0.3, 0.4) is 0 Å². The molecule has 35 heavy (non-hydrogen) atoms. The Morgan fingerprint density at radius 1 is 1.03 bits per heavy atom. The lowest BCUT2D eigenvalue weighted by Gasteiger charge is -2.32. The topological polar surface area (TPSA) is 54.3 Å². The van der Waals surface area contributed by atoms with Crippen LogP contribution in [0.25, 0.3) is 5.69 Å². The lowest BCUT2D eigenvalue weighted by atomic mass is 10.1. The summed E-state index contributed by atoms with van der Waals surface area (Å²) in [6, 6.07) is 12.6. The highest BCUT2D eigenvalue weighted by Crippen LogP contribution is 2.33. The van der Waals surface area contributed by atoms with Crippen molar-refractivity contribution in [1.82, 2.24) is 24.6 Å². The highest BCUT2D eigenvalue weighted by Gasteiger charge is 2.31. The fourth-order valence-electron chi connectivity index (χ4n) is 3.99. The smallest absolute Gasteiger partial charge is 0.336 e. The average molecular weight is 504 g/mol. The molecular weight excluding hydrogens is 475 g/mol. The summed E-state index contributed by atoms with van der Waals surface area (Å²) in [5.41, 5.74) is 1.13. The molecule has 1 aliphatic heterocycles. The Labute approximate surface area is 207 Å². The van der Waals surface area contributed by atoms with Crippen molar-refractivity contribution in [3.05, 3.63) is 71.0 Å². The second-order valence-corrected chi connectivity index (χ2v) is 9.86. The van der Waals surface area contributed by atoms with Gasteiger partial charge in [-0.3, -0.25) is 9.36 Å². The maximum Gasteiger partial charge on any atom is 0.416 e. The van der Waals surface area contributed by atoms with Crippen LogP contribution >= 0.6 is 11.8 Å². The molecule has 0 aliphatic carbocycles. The first-order chi connectivity index (χ1) is 16.6. The van der Waals surface area contributed by atoms with E-state index in [0.717, 1.165) is 30.8 Å². The summed E-state index contributed by atoms with van der Waals surface area (Å²) in [6.45, 7) is 6.87. The number of carbonyl (C=O) groups excluding carboxylic acids is 1. The number of halogens is 3. The van der Waals surface area contributed by atoms with Gasteiger partial charge in [0.25, 0.3) is 5.91 Å². The first-order valence-corrected chi connectivity index (χ1v) is 12.4. The summed E-state index contributed by atoms with van der Waals surface area (Å²) < 4.78 is 41.7. The summed E-state index contributed by atoms with van der Waals surface area (Å²) in [5.74, 6) is 0.966. The van der Waals surface area contributed by atoms with Crippen LogP contribution in [0.15, 0.2) is 53.7 Å². The van der Waals surface area contributed by atoms with Gasteiger partial charge in [0.15, 0.2) is 5.16 Å². The van der Waals surface area contributed by atoms with Gasteiger partial charge < -0.3 is 9.80 Å². The van der Waals surface area contributed by atoms with Gasteiger partial charge in [-0.25, -0.2) is 0 Å². The van der Waals surface area contributed by atoms with E-state index in [9.17, 15) is 18.0 Å². The van der Waals surface area contributed by atoms with Gasteiger partial charge in [0, 0.05) is 43.4 Å². The van der Waals surface area contributed by atoms with Crippen LogP contribution < -0.4 is 0 Å². The van der Waals surface area contributed by atoms with E-state index in [2.05, 4.69) is 15.1 Å². The number of rotatable bonds is 6. The number of benzene rings is 2. The molecule has 186 valence electrons. The van der Waals surface area contributed by atoms with Gasteiger partial charge in [0.1, 0.15) is 5.82 Å². The lowest BCUT2D eigenvalue weighted by molar-refractivity contribution is -0.137. The molecule has 0 radical (unpaired) electrons.